The van der Waals surface area contributed by atoms with Crippen molar-refractivity contribution in [3.05, 3.63) is 35.5 Å². The number of hydrogen-bond acceptors (Lipinski definition) is 4. The van der Waals surface area contributed by atoms with Crippen LogP contribution in [0.1, 0.15) is 43.7 Å². The number of hydrogen-bond donors (Lipinski definition) is 1. The van der Waals surface area contributed by atoms with Gasteiger partial charge in [0.2, 0.25) is 0 Å². The molecule has 0 unspecified atom stereocenters. The number of ketones is 1. The van der Waals surface area contributed by atoms with Crippen LogP contribution in [0.4, 0.5) is 0 Å². The number of carbonyl (C=O) groups is 1. The molecule has 0 atom stereocenters. The normalized spacial score (nSPS) is 11.4. The average Bonchev–Trinajstić information content (AvgIpc) is 2.77. The molecule has 2 rings (SSSR count). The van der Waals surface area contributed by atoms with Gasteiger partial charge in [-0.3, -0.25) is 9.89 Å². The summed E-state index contributed by atoms with van der Waals surface area (Å²) in [7, 11) is 0. The molecule has 0 bridgehead atoms. The van der Waals surface area contributed by atoms with E-state index in [4.69, 9.17) is 4.74 Å². The number of nitrogens with one attached hydrogen (secondary N) is 1. The number of benzene rings is 1. The Morgan fingerprint density at radius 1 is 1.21 bits per heavy atom. The van der Waals surface area contributed by atoms with E-state index < -0.39 is 0 Å². The van der Waals surface area contributed by atoms with Crippen molar-refractivity contribution in [2.75, 3.05) is 0 Å². The topological polar surface area (TPSA) is 67.9 Å². The molecule has 0 amide bonds. The van der Waals surface area contributed by atoms with Gasteiger partial charge in [0, 0.05) is 6.92 Å². The number of rotatable bonds is 3. The van der Waals surface area contributed by atoms with Crippen LogP contribution in [-0.4, -0.2) is 21.2 Å². The SMILES string of the molecule is CC(=O)c1[nH]nnc1Oc1ccc(C(C)(C)C)cc1. The molecular formula is C14H17N3O2. The summed E-state index contributed by atoms with van der Waals surface area (Å²) >= 11 is 0. The Hall–Kier alpha value is -2.17. The third-order valence-electron chi connectivity index (χ3n) is 2.80. The van der Waals surface area contributed by atoms with E-state index in [-0.39, 0.29) is 22.8 Å². The van der Waals surface area contributed by atoms with Gasteiger partial charge in [0.05, 0.1) is 0 Å². The minimum absolute atomic E-state index is 0.0942. The second kappa shape index (κ2) is 4.84. The molecular weight excluding hydrogens is 242 g/mol. The predicted octanol–water partition coefficient (Wildman–Crippen LogP) is 3.10. The van der Waals surface area contributed by atoms with Crippen LogP contribution in [0.2, 0.25) is 0 Å². The highest BCUT2D eigenvalue weighted by atomic mass is 16.5. The van der Waals surface area contributed by atoms with Gasteiger partial charge in [-0.25, -0.2) is 0 Å². The van der Waals surface area contributed by atoms with Crippen molar-refractivity contribution < 1.29 is 9.53 Å². The average molecular weight is 259 g/mol. The maximum atomic E-state index is 11.3. The maximum Gasteiger partial charge on any atom is 0.269 e. The lowest BCUT2D eigenvalue weighted by atomic mass is 9.87. The number of nitrogens with zero attached hydrogens (tertiary/aromatic N) is 2. The molecule has 1 heterocycles. The predicted molar refractivity (Wildman–Crippen MR) is 71.6 cm³/mol. The van der Waals surface area contributed by atoms with Gasteiger partial charge in [-0.2, -0.15) is 0 Å². The van der Waals surface area contributed by atoms with Crippen LogP contribution >= 0.6 is 0 Å². The fourth-order valence-corrected chi connectivity index (χ4v) is 1.65. The first-order valence-electron chi connectivity index (χ1n) is 6.08. The van der Waals surface area contributed by atoms with Crippen LogP contribution in [0.25, 0.3) is 0 Å². The third kappa shape index (κ3) is 2.99. The molecule has 0 saturated heterocycles. The van der Waals surface area contributed by atoms with Crippen LogP contribution < -0.4 is 4.74 Å². The van der Waals surface area contributed by atoms with E-state index in [2.05, 4.69) is 36.2 Å². The minimum atomic E-state index is -0.161. The number of H-pyrrole nitrogens is 1. The van der Waals surface area contributed by atoms with Gasteiger partial charge in [0.1, 0.15) is 5.75 Å². The molecule has 5 nitrogen and oxygen atoms in total. The van der Waals surface area contributed by atoms with E-state index in [1.165, 1.54) is 12.5 Å². The molecule has 0 radical (unpaired) electrons. The summed E-state index contributed by atoms with van der Waals surface area (Å²) in [6.45, 7) is 7.88. The van der Waals surface area contributed by atoms with E-state index >= 15 is 0 Å². The molecule has 0 saturated carbocycles. The zero-order valence-corrected chi connectivity index (χ0v) is 11.5. The highest BCUT2D eigenvalue weighted by molar-refractivity contribution is 5.94. The van der Waals surface area contributed by atoms with E-state index in [0.717, 1.165) is 0 Å². The Balaban J connectivity index is 2.20. The fourth-order valence-electron chi connectivity index (χ4n) is 1.65. The summed E-state index contributed by atoms with van der Waals surface area (Å²) in [5.41, 5.74) is 1.59. The number of ether oxygens (including phenoxy) is 1. The van der Waals surface area contributed by atoms with Crippen LogP contribution in [0.5, 0.6) is 11.6 Å². The first-order chi connectivity index (χ1) is 8.88. The van der Waals surface area contributed by atoms with E-state index in [9.17, 15) is 4.79 Å². The van der Waals surface area contributed by atoms with Gasteiger partial charge in [-0.05, 0) is 23.1 Å². The van der Waals surface area contributed by atoms with Crippen LogP contribution in [0.15, 0.2) is 24.3 Å². The summed E-state index contributed by atoms with van der Waals surface area (Å²) in [4.78, 5) is 11.3. The number of aromatic amines is 1. The Morgan fingerprint density at radius 2 is 1.84 bits per heavy atom. The highest BCUT2D eigenvalue weighted by Crippen LogP contribution is 2.27. The second-order valence-electron chi connectivity index (χ2n) is 5.42. The summed E-state index contributed by atoms with van der Waals surface area (Å²) in [6.07, 6.45) is 0. The van der Waals surface area contributed by atoms with Crippen molar-refractivity contribution in [1.82, 2.24) is 15.4 Å². The zero-order chi connectivity index (χ0) is 14.0. The lowest BCUT2D eigenvalue weighted by molar-refractivity contribution is 0.101. The largest absolute Gasteiger partial charge is 0.436 e. The Kier molecular flexibility index (Phi) is 3.38. The number of Topliss-reactive ketones (excluding diaryl/α,β-unsaturated/α-hetero) is 1. The van der Waals surface area contributed by atoms with Gasteiger partial charge in [-0.1, -0.05) is 43.2 Å². The van der Waals surface area contributed by atoms with Crippen LogP contribution in [0.3, 0.4) is 0 Å². The van der Waals surface area contributed by atoms with E-state index in [0.29, 0.717) is 5.75 Å². The van der Waals surface area contributed by atoms with Crippen molar-refractivity contribution in [3.8, 4) is 11.6 Å². The molecule has 0 spiro atoms. The molecule has 1 aromatic carbocycles. The lowest BCUT2D eigenvalue weighted by Crippen LogP contribution is -2.10. The van der Waals surface area contributed by atoms with Crippen molar-refractivity contribution in [2.24, 2.45) is 0 Å². The molecule has 2 aromatic rings. The van der Waals surface area contributed by atoms with Crippen molar-refractivity contribution in [2.45, 2.75) is 33.1 Å². The minimum Gasteiger partial charge on any atom is -0.436 e. The summed E-state index contributed by atoms with van der Waals surface area (Å²) in [6, 6.07) is 7.73. The quantitative estimate of drug-likeness (QED) is 0.860. The smallest absolute Gasteiger partial charge is 0.269 e. The molecule has 5 heteroatoms. The zero-order valence-electron chi connectivity index (χ0n) is 11.5. The summed E-state index contributed by atoms with van der Waals surface area (Å²) in [5.74, 6) is 0.673. The molecule has 0 aliphatic carbocycles. The van der Waals surface area contributed by atoms with Crippen molar-refractivity contribution in [3.63, 3.8) is 0 Å². The molecule has 1 aromatic heterocycles. The molecule has 0 aliphatic heterocycles. The first kappa shape index (κ1) is 13.3. The van der Waals surface area contributed by atoms with Gasteiger partial charge in [0.15, 0.2) is 11.5 Å². The Bertz CT molecular complexity index is 579. The first-order valence-corrected chi connectivity index (χ1v) is 6.08. The van der Waals surface area contributed by atoms with Gasteiger partial charge in [-0.15, -0.1) is 0 Å². The molecule has 0 fully saturated rings. The lowest BCUT2D eigenvalue weighted by Gasteiger charge is -2.18. The van der Waals surface area contributed by atoms with E-state index in [1.54, 1.807) is 0 Å². The molecule has 1 N–H and O–H groups in total. The molecule has 100 valence electrons. The second-order valence-corrected chi connectivity index (χ2v) is 5.42. The summed E-state index contributed by atoms with van der Waals surface area (Å²) < 4.78 is 5.55. The third-order valence-corrected chi connectivity index (χ3v) is 2.80. The molecule has 19 heavy (non-hydrogen) atoms. The Labute approximate surface area is 112 Å². The van der Waals surface area contributed by atoms with Gasteiger partial charge < -0.3 is 4.74 Å². The number of aromatic nitrogens is 3. The van der Waals surface area contributed by atoms with E-state index in [1.807, 2.05) is 24.3 Å². The van der Waals surface area contributed by atoms with Crippen molar-refractivity contribution >= 4 is 5.78 Å². The maximum absolute atomic E-state index is 11.3. The van der Waals surface area contributed by atoms with Crippen molar-refractivity contribution in [1.29, 1.82) is 0 Å². The Morgan fingerprint density at radius 3 is 2.37 bits per heavy atom. The molecule has 0 aliphatic rings. The standard InChI is InChI=1S/C14H17N3O2/c1-9(18)12-13(16-17-15-12)19-11-7-5-10(6-8-11)14(2,3)4/h5-8H,1-4H3,(H,15,16,17). The number of carbonyl (C=O) groups excluding carboxylic acids is 1. The van der Waals surface area contributed by atoms with Gasteiger partial charge in [0.25, 0.3) is 5.88 Å². The van der Waals surface area contributed by atoms with Crippen LogP contribution in [-0.2, 0) is 5.41 Å². The van der Waals surface area contributed by atoms with Crippen LogP contribution in [0, 0.1) is 0 Å². The fraction of sp³-hybridized carbons (Fsp3) is 0.357. The highest BCUT2D eigenvalue weighted by Gasteiger charge is 2.15. The van der Waals surface area contributed by atoms with Gasteiger partial charge >= 0.3 is 0 Å². The monoisotopic (exact) mass is 259 g/mol. The summed E-state index contributed by atoms with van der Waals surface area (Å²) in [5, 5.41) is 9.86.